The molecule has 9 heavy (non-hydrogen) atoms. The Labute approximate surface area is 59.7 Å². The van der Waals surface area contributed by atoms with Crippen molar-refractivity contribution in [1.82, 2.24) is 0 Å². The molecule has 1 N–H and O–H groups in total. The van der Waals surface area contributed by atoms with Crippen LogP contribution in [0.15, 0.2) is 12.2 Å². The molecule has 0 aromatic heterocycles. The predicted octanol–water partition coefficient (Wildman–Crippen LogP) is 1.23. The topological polar surface area (TPSA) is 20.2 Å². The first-order valence-corrected chi connectivity index (χ1v) is 5.31. The van der Waals surface area contributed by atoms with Crippen molar-refractivity contribution in [1.29, 1.82) is 0 Å². The second kappa shape index (κ2) is 7.92. The smallest absolute Gasteiger partial charge is 0.160 e. The van der Waals surface area contributed by atoms with Crippen molar-refractivity contribution >= 4 is 9.76 Å². The van der Waals surface area contributed by atoms with Crippen molar-refractivity contribution < 1.29 is 4.80 Å². The fourth-order valence-corrected chi connectivity index (χ4v) is 1.02. The summed E-state index contributed by atoms with van der Waals surface area (Å²) in [6.45, 7) is 2.19. The van der Waals surface area contributed by atoms with Crippen LogP contribution >= 0.6 is 0 Å². The Hall–Kier alpha value is -0.0831. The van der Waals surface area contributed by atoms with E-state index in [0.717, 1.165) is 6.04 Å². The first kappa shape index (κ1) is 8.92. The molecule has 0 spiro atoms. The average Bonchev–Trinajstić information content (AvgIpc) is 1.89. The third kappa shape index (κ3) is 7.92. The van der Waals surface area contributed by atoms with Crippen LogP contribution in [0.1, 0.15) is 26.2 Å². The van der Waals surface area contributed by atoms with Gasteiger partial charge in [-0.1, -0.05) is 31.9 Å². The standard InChI is InChI=1S/C7H16OSi/c1-2-3-4-5-6-7-9-8/h5-6,8H,2-4,7,9H2,1H3. The molecule has 0 heterocycles. The lowest BCUT2D eigenvalue weighted by molar-refractivity contribution is 0.605. The second-order valence-corrected chi connectivity index (χ2v) is 3.15. The highest BCUT2D eigenvalue weighted by Gasteiger charge is 1.77. The summed E-state index contributed by atoms with van der Waals surface area (Å²) in [5, 5.41) is 0. The largest absolute Gasteiger partial charge is 0.438 e. The van der Waals surface area contributed by atoms with E-state index in [1.54, 1.807) is 0 Å². The maximum Gasteiger partial charge on any atom is 0.160 e. The summed E-state index contributed by atoms with van der Waals surface area (Å²) >= 11 is 0. The van der Waals surface area contributed by atoms with E-state index in [1.165, 1.54) is 19.3 Å². The zero-order valence-corrected chi connectivity index (χ0v) is 7.55. The molecule has 0 saturated heterocycles. The van der Waals surface area contributed by atoms with Crippen LogP contribution in [0, 0.1) is 0 Å². The summed E-state index contributed by atoms with van der Waals surface area (Å²) in [5.41, 5.74) is 0. The van der Waals surface area contributed by atoms with Crippen LogP contribution in [0.2, 0.25) is 6.04 Å². The molecule has 0 fully saturated rings. The van der Waals surface area contributed by atoms with Gasteiger partial charge >= 0.3 is 0 Å². The lowest BCUT2D eigenvalue weighted by Gasteiger charge is -1.86. The molecular formula is C7H16OSi. The van der Waals surface area contributed by atoms with Gasteiger partial charge < -0.3 is 4.80 Å². The molecular weight excluding hydrogens is 128 g/mol. The fraction of sp³-hybridized carbons (Fsp3) is 0.714. The Morgan fingerprint density at radius 2 is 2.22 bits per heavy atom. The molecule has 2 heteroatoms. The van der Waals surface area contributed by atoms with Crippen LogP contribution in [0.3, 0.4) is 0 Å². The Morgan fingerprint density at radius 3 is 2.78 bits per heavy atom. The lowest BCUT2D eigenvalue weighted by atomic mass is 10.2. The third-order valence-corrected chi connectivity index (χ3v) is 1.78. The van der Waals surface area contributed by atoms with E-state index in [1.807, 2.05) is 0 Å². The fourth-order valence-electron chi connectivity index (χ4n) is 0.632. The van der Waals surface area contributed by atoms with E-state index >= 15 is 0 Å². The molecule has 54 valence electrons. The number of allylic oxidation sites excluding steroid dienone is 2. The summed E-state index contributed by atoms with van der Waals surface area (Å²) in [4.78, 5) is 8.51. The molecule has 0 radical (unpaired) electrons. The van der Waals surface area contributed by atoms with Crippen molar-refractivity contribution in [2.75, 3.05) is 0 Å². The molecule has 0 unspecified atom stereocenters. The van der Waals surface area contributed by atoms with Gasteiger partial charge in [-0.15, -0.1) is 0 Å². The Morgan fingerprint density at radius 1 is 1.44 bits per heavy atom. The van der Waals surface area contributed by atoms with E-state index in [2.05, 4.69) is 19.1 Å². The van der Waals surface area contributed by atoms with E-state index in [4.69, 9.17) is 4.80 Å². The first-order chi connectivity index (χ1) is 4.41. The molecule has 0 bridgehead atoms. The second-order valence-electron chi connectivity index (χ2n) is 2.13. The van der Waals surface area contributed by atoms with Gasteiger partial charge in [0.15, 0.2) is 9.76 Å². The van der Waals surface area contributed by atoms with Crippen molar-refractivity contribution in [2.24, 2.45) is 0 Å². The monoisotopic (exact) mass is 144 g/mol. The van der Waals surface area contributed by atoms with Gasteiger partial charge in [-0.05, 0) is 12.5 Å². The van der Waals surface area contributed by atoms with Gasteiger partial charge in [0.1, 0.15) is 0 Å². The zero-order valence-electron chi connectivity index (χ0n) is 6.14. The maximum atomic E-state index is 8.51. The molecule has 0 rings (SSSR count). The summed E-state index contributed by atoms with van der Waals surface area (Å²) in [6, 6.07) is 0.948. The van der Waals surface area contributed by atoms with E-state index in [9.17, 15) is 0 Å². The minimum absolute atomic E-state index is 0.707. The Kier molecular flexibility index (Phi) is 7.84. The van der Waals surface area contributed by atoms with Gasteiger partial charge in [-0.25, -0.2) is 0 Å². The Bertz CT molecular complexity index is 71.3. The molecule has 0 saturated carbocycles. The van der Waals surface area contributed by atoms with E-state index in [-0.39, 0.29) is 0 Å². The minimum atomic E-state index is -0.707. The van der Waals surface area contributed by atoms with Gasteiger partial charge in [0.05, 0.1) is 0 Å². The van der Waals surface area contributed by atoms with Crippen LogP contribution in [-0.2, 0) is 0 Å². The summed E-state index contributed by atoms with van der Waals surface area (Å²) in [7, 11) is -0.707. The van der Waals surface area contributed by atoms with Crippen molar-refractivity contribution in [2.45, 2.75) is 32.2 Å². The molecule has 0 aliphatic carbocycles. The van der Waals surface area contributed by atoms with Gasteiger partial charge in [0.25, 0.3) is 0 Å². The van der Waals surface area contributed by atoms with Gasteiger partial charge in [0, 0.05) is 0 Å². The number of hydrogen-bond acceptors (Lipinski definition) is 1. The number of unbranched alkanes of at least 4 members (excludes halogenated alkanes) is 2. The summed E-state index contributed by atoms with van der Waals surface area (Å²) < 4.78 is 0. The third-order valence-electron chi connectivity index (χ3n) is 1.19. The highest BCUT2D eigenvalue weighted by molar-refractivity contribution is 6.25. The van der Waals surface area contributed by atoms with Crippen LogP contribution < -0.4 is 0 Å². The number of rotatable bonds is 5. The molecule has 0 aliphatic heterocycles. The highest BCUT2D eigenvalue weighted by Crippen LogP contribution is 1.95. The minimum Gasteiger partial charge on any atom is -0.438 e. The van der Waals surface area contributed by atoms with Gasteiger partial charge in [-0.2, -0.15) is 0 Å². The van der Waals surface area contributed by atoms with Crippen LogP contribution in [0.4, 0.5) is 0 Å². The molecule has 0 atom stereocenters. The van der Waals surface area contributed by atoms with E-state index in [0.29, 0.717) is 0 Å². The molecule has 0 aliphatic rings. The molecule has 0 amide bonds. The predicted molar refractivity (Wildman–Crippen MR) is 44.2 cm³/mol. The van der Waals surface area contributed by atoms with Crippen molar-refractivity contribution in [3.05, 3.63) is 12.2 Å². The average molecular weight is 144 g/mol. The molecule has 0 aromatic rings. The maximum absolute atomic E-state index is 8.51. The van der Waals surface area contributed by atoms with E-state index < -0.39 is 9.76 Å². The van der Waals surface area contributed by atoms with Crippen LogP contribution in [-0.4, -0.2) is 14.6 Å². The van der Waals surface area contributed by atoms with Crippen molar-refractivity contribution in [3.8, 4) is 0 Å². The first-order valence-electron chi connectivity index (χ1n) is 3.67. The quantitative estimate of drug-likeness (QED) is 0.349. The SMILES string of the molecule is CCCCC=CC[SiH2]O. The van der Waals surface area contributed by atoms with Crippen LogP contribution in [0.5, 0.6) is 0 Å². The summed E-state index contributed by atoms with van der Waals surface area (Å²) in [6.07, 6.45) is 8.00. The van der Waals surface area contributed by atoms with Crippen LogP contribution in [0.25, 0.3) is 0 Å². The lowest BCUT2D eigenvalue weighted by Crippen LogP contribution is -1.79. The normalized spacial score (nSPS) is 12.2. The van der Waals surface area contributed by atoms with Crippen molar-refractivity contribution in [3.63, 3.8) is 0 Å². The van der Waals surface area contributed by atoms with Gasteiger partial charge in [-0.3, -0.25) is 0 Å². The summed E-state index contributed by atoms with van der Waals surface area (Å²) in [5.74, 6) is 0. The highest BCUT2D eigenvalue weighted by atomic mass is 28.2. The molecule has 0 aromatic carbocycles. The number of hydrogen-bond donors (Lipinski definition) is 1. The Balaban J connectivity index is 2.86. The zero-order chi connectivity index (χ0) is 6.95. The van der Waals surface area contributed by atoms with Gasteiger partial charge in [0.2, 0.25) is 0 Å². The molecule has 1 nitrogen and oxygen atoms in total.